The van der Waals surface area contributed by atoms with Crippen molar-refractivity contribution in [2.75, 3.05) is 13.1 Å². The average Bonchev–Trinajstić information content (AvgIpc) is 2.54. The Morgan fingerprint density at radius 3 is 2.17 bits per heavy atom. The van der Waals surface area contributed by atoms with Crippen LogP contribution in [0.2, 0.25) is 0 Å². The number of hydrogen-bond acceptors (Lipinski definition) is 2. The highest BCUT2D eigenvalue weighted by atomic mass is 15.2. The highest BCUT2D eigenvalue weighted by Gasteiger charge is 2.12. The van der Waals surface area contributed by atoms with Gasteiger partial charge in [0.15, 0.2) is 0 Å². The maximum Gasteiger partial charge on any atom is 0.131 e. The molecule has 0 bridgehead atoms. The fraction of sp³-hybridized carbons (Fsp3) is 0.429. The molecule has 0 aliphatic carbocycles. The van der Waals surface area contributed by atoms with Gasteiger partial charge in [-0.25, -0.2) is 4.99 Å². The summed E-state index contributed by atoms with van der Waals surface area (Å²) in [6.07, 6.45) is 9.74. The van der Waals surface area contributed by atoms with Crippen molar-refractivity contribution in [2.45, 2.75) is 47.5 Å². The summed E-state index contributed by atoms with van der Waals surface area (Å²) in [6, 6.07) is 0. The molecule has 0 amide bonds. The second-order valence-corrected chi connectivity index (χ2v) is 5.69. The molecule has 0 spiro atoms. The molecule has 0 aromatic rings. The average molecular weight is 328 g/mol. The highest BCUT2D eigenvalue weighted by Crippen LogP contribution is 2.15. The Bertz CT molecular complexity index is 560. The van der Waals surface area contributed by atoms with E-state index in [-0.39, 0.29) is 0 Å². The van der Waals surface area contributed by atoms with Gasteiger partial charge in [-0.2, -0.15) is 0 Å². The first-order valence-corrected chi connectivity index (χ1v) is 8.54. The van der Waals surface area contributed by atoms with Crippen molar-refractivity contribution in [1.29, 1.82) is 0 Å². The van der Waals surface area contributed by atoms with Crippen LogP contribution >= 0.6 is 0 Å². The lowest BCUT2D eigenvalue weighted by Gasteiger charge is -2.26. The second-order valence-electron chi connectivity index (χ2n) is 5.69. The largest absolute Gasteiger partial charge is 0.356 e. The third-order valence-electron chi connectivity index (χ3n) is 3.31. The number of nitrogens with zero attached hydrogens (tertiary/aromatic N) is 3. The van der Waals surface area contributed by atoms with Gasteiger partial charge in [-0.15, -0.1) is 6.58 Å². The summed E-state index contributed by atoms with van der Waals surface area (Å²) in [5, 5.41) is 0. The lowest BCUT2D eigenvalue weighted by atomic mass is 10.1. The van der Waals surface area contributed by atoms with Crippen LogP contribution in [0.25, 0.3) is 0 Å². The lowest BCUT2D eigenvalue weighted by Crippen LogP contribution is -2.33. The van der Waals surface area contributed by atoms with Crippen LogP contribution in [-0.4, -0.2) is 30.0 Å². The zero-order valence-electron chi connectivity index (χ0n) is 16.1. The molecular weight excluding hydrogens is 294 g/mol. The molecule has 24 heavy (non-hydrogen) atoms. The molecule has 0 aliphatic rings. The van der Waals surface area contributed by atoms with E-state index in [1.807, 2.05) is 52.1 Å². The van der Waals surface area contributed by atoms with Crippen molar-refractivity contribution >= 4 is 12.1 Å². The van der Waals surface area contributed by atoms with Crippen molar-refractivity contribution in [3.8, 4) is 0 Å². The highest BCUT2D eigenvalue weighted by molar-refractivity contribution is 5.99. The summed E-state index contributed by atoms with van der Waals surface area (Å²) < 4.78 is 0. The van der Waals surface area contributed by atoms with Crippen LogP contribution in [-0.2, 0) is 0 Å². The second kappa shape index (κ2) is 12.3. The summed E-state index contributed by atoms with van der Waals surface area (Å²) in [5.41, 5.74) is 3.59. The molecule has 0 unspecified atom stereocenters. The molecule has 0 aromatic carbocycles. The Labute approximate surface area is 148 Å². The van der Waals surface area contributed by atoms with Crippen LogP contribution < -0.4 is 0 Å². The van der Waals surface area contributed by atoms with Crippen molar-refractivity contribution in [3.63, 3.8) is 0 Å². The Kier molecular flexibility index (Phi) is 11.2. The third kappa shape index (κ3) is 7.91. The topological polar surface area (TPSA) is 28.0 Å². The van der Waals surface area contributed by atoms with Crippen molar-refractivity contribution < 1.29 is 0 Å². The van der Waals surface area contributed by atoms with E-state index in [2.05, 4.69) is 36.6 Å². The predicted octanol–water partition coefficient (Wildman–Crippen LogP) is 5.70. The summed E-state index contributed by atoms with van der Waals surface area (Å²) in [4.78, 5) is 11.5. The van der Waals surface area contributed by atoms with Gasteiger partial charge in [0.05, 0.1) is 5.70 Å². The van der Waals surface area contributed by atoms with Gasteiger partial charge in [-0.1, -0.05) is 38.3 Å². The fourth-order valence-corrected chi connectivity index (χ4v) is 2.15. The van der Waals surface area contributed by atoms with E-state index in [4.69, 9.17) is 4.99 Å². The van der Waals surface area contributed by atoms with E-state index < -0.39 is 0 Å². The third-order valence-corrected chi connectivity index (χ3v) is 3.31. The van der Waals surface area contributed by atoms with Crippen molar-refractivity contribution in [1.82, 2.24) is 4.90 Å². The number of amidine groups is 1. The Morgan fingerprint density at radius 1 is 1.08 bits per heavy atom. The first-order chi connectivity index (χ1) is 11.4. The molecule has 0 N–H and O–H groups in total. The van der Waals surface area contributed by atoms with E-state index >= 15 is 0 Å². The van der Waals surface area contributed by atoms with Gasteiger partial charge in [-0.05, 0) is 46.1 Å². The number of aliphatic imine (C=N–C) groups is 2. The van der Waals surface area contributed by atoms with Gasteiger partial charge in [0.25, 0.3) is 0 Å². The molecule has 0 aromatic heterocycles. The molecule has 0 radical (unpaired) electrons. The van der Waals surface area contributed by atoms with Gasteiger partial charge in [-0.3, -0.25) is 4.99 Å². The van der Waals surface area contributed by atoms with E-state index in [1.165, 1.54) is 0 Å². The van der Waals surface area contributed by atoms with Gasteiger partial charge in [0, 0.05) is 30.6 Å². The molecule has 0 saturated carbocycles. The summed E-state index contributed by atoms with van der Waals surface area (Å²) in [6.45, 7) is 23.6. The first kappa shape index (κ1) is 21.8. The lowest BCUT2D eigenvalue weighted by molar-refractivity contribution is 0.424. The number of hydrogen-bond donors (Lipinski definition) is 0. The molecule has 0 heterocycles. The van der Waals surface area contributed by atoms with Crippen LogP contribution in [0.15, 0.2) is 70.5 Å². The van der Waals surface area contributed by atoms with Crippen molar-refractivity contribution in [3.05, 3.63) is 60.5 Å². The molecule has 0 fully saturated rings. The minimum absolute atomic E-state index is 0.771. The van der Waals surface area contributed by atoms with Gasteiger partial charge in [0.1, 0.15) is 5.84 Å². The zero-order valence-corrected chi connectivity index (χ0v) is 16.1. The standard InChI is InChI=1S/C21H33N3/c1-9-13-15-24(14-10-2)21(17(5)6)23-20(12-4)19(11-3)16-22-18(7)8/h9,11-12,16H,1,5,7,10,13-15H2,2-4,6,8H3/b19-11?,20-12-,22-16?,23-21?. The van der Waals surface area contributed by atoms with E-state index in [1.54, 1.807) is 0 Å². The van der Waals surface area contributed by atoms with E-state index in [0.717, 1.165) is 54.3 Å². The zero-order chi connectivity index (χ0) is 18.5. The molecule has 3 nitrogen and oxygen atoms in total. The smallest absolute Gasteiger partial charge is 0.131 e. The predicted molar refractivity (Wildman–Crippen MR) is 110 cm³/mol. The normalized spacial score (nSPS) is 13.3. The minimum Gasteiger partial charge on any atom is -0.356 e. The first-order valence-electron chi connectivity index (χ1n) is 8.54. The quantitative estimate of drug-likeness (QED) is 0.219. The van der Waals surface area contributed by atoms with Gasteiger partial charge in [0.2, 0.25) is 0 Å². The Balaban J connectivity index is 5.77. The van der Waals surface area contributed by atoms with Crippen LogP contribution in [0, 0.1) is 0 Å². The summed E-state index contributed by atoms with van der Waals surface area (Å²) in [7, 11) is 0. The molecule has 0 atom stereocenters. The fourth-order valence-electron chi connectivity index (χ4n) is 2.15. The number of rotatable bonds is 10. The van der Waals surface area contributed by atoms with Gasteiger partial charge < -0.3 is 4.90 Å². The SMILES string of the molecule is C=CCCN(CCC)C(=N/C(=C\C)C(C=NC(=C)C)=CC)C(=C)C. The van der Waals surface area contributed by atoms with Crippen LogP contribution in [0.3, 0.4) is 0 Å². The van der Waals surface area contributed by atoms with Gasteiger partial charge >= 0.3 is 0 Å². The van der Waals surface area contributed by atoms with E-state index in [0.29, 0.717) is 0 Å². The molecule has 0 aliphatic heterocycles. The molecule has 0 saturated heterocycles. The molecule has 132 valence electrons. The summed E-state index contributed by atoms with van der Waals surface area (Å²) in [5.74, 6) is 0.926. The van der Waals surface area contributed by atoms with Crippen molar-refractivity contribution in [2.24, 2.45) is 9.98 Å². The maximum atomic E-state index is 4.90. The van der Waals surface area contributed by atoms with Crippen LogP contribution in [0.5, 0.6) is 0 Å². The minimum atomic E-state index is 0.771. The molecular formula is C21H33N3. The monoisotopic (exact) mass is 327 g/mol. The Hall–Kier alpha value is -2.16. The summed E-state index contributed by atoms with van der Waals surface area (Å²) >= 11 is 0. The van der Waals surface area contributed by atoms with Crippen LogP contribution in [0.4, 0.5) is 0 Å². The maximum absolute atomic E-state index is 4.90. The Morgan fingerprint density at radius 2 is 1.75 bits per heavy atom. The van der Waals surface area contributed by atoms with Crippen LogP contribution in [0.1, 0.15) is 47.5 Å². The van der Waals surface area contributed by atoms with E-state index in [9.17, 15) is 0 Å². The number of allylic oxidation sites excluding steroid dienone is 4. The molecule has 3 heteroatoms. The molecule has 0 rings (SSSR count).